The third kappa shape index (κ3) is 4.67. The summed E-state index contributed by atoms with van der Waals surface area (Å²) in [6, 6.07) is 1.54. The number of piperidine rings is 1. The molecule has 8 heteroatoms. The lowest BCUT2D eigenvalue weighted by molar-refractivity contribution is 0.0512. The average Bonchev–Trinajstić information content (AvgIpc) is 2.96. The zero-order valence-corrected chi connectivity index (χ0v) is 14.1. The largest absolute Gasteiger partial charge is 0.384 e. The van der Waals surface area contributed by atoms with Crippen molar-refractivity contribution in [3.63, 3.8) is 0 Å². The van der Waals surface area contributed by atoms with Gasteiger partial charge in [-0.15, -0.1) is 23.7 Å². The molecule has 4 N–H and O–H groups in total. The van der Waals surface area contributed by atoms with Crippen LogP contribution in [0.15, 0.2) is 11.4 Å². The first-order valence-electron chi connectivity index (χ1n) is 6.92. The summed E-state index contributed by atoms with van der Waals surface area (Å²) in [5, 5.41) is 7.88. The van der Waals surface area contributed by atoms with Crippen molar-refractivity contribution in [3.05, 3.63) is 21.9 Å². The van der Waals surface area contributed by atoms with E-state index in [0.29, 0.717) is 23.6 Å². The topological polar surface area (TPSA) is 93.4 Å². The molecule has 2 rings (SSSR count). The summed E-state index contributed by atoms with van der Waals surface area (Å²) in [7, 11) is 1.68. The van der Waals surface area contributed by atoms with Crippen LogP contribution in [0, 0.1) is 5.41 Å². The third-order valence-electron chi connectivity index (χ3n) is 3.85. The summed E-state index contributed by atoms with van der Waals surface area (Å²) in [5.41, 5.74) is 5.55. The summed E-state index contributed by atoms with van der Waals surface area (Å²) in [5.74, 6) is -0.680. The maximum Gasteiger partial charge on any atom is 0.261 e. The average molecular weight is 348 g/mol. The van der Waals surface area contributed by atoms with E-state index in [1.807, 2.05) is 0 Å². The molecule has 0 radical (unpaired) electrons. The van der Waals surface area contributed by atoms with E-state index < -0.39 is 5.91 Å². The second-order valence-corrected chi connectivity index (χ2v) is 6.34. The van der Waals surface area contributed by atoms with E-state index in [1.165, 1.54) is 17.4 Å². The van der Waals surface area contributed by atoms with Crippen molar-refractivity contribution >= 4 is 35.6 Å². The number of carbonyl (C=O) groups excluding carboxylic acids is 2. The Morgan fingerprint density at radius 2 is 2.14 bits per heavy atom. The molecule has 22 heavy (non-hydrogen) atoms. The molecule has 6 nitrogen and oxygen atoms in total. The van der Waals surface area contributed by atoms with Crippen LogP contribution in [-0.4, -0.2) is 45.2 Å². The maximum absolute atomic E-state index is 12.2. The lowest BCUT2D eigenvalue weighted by Crippen LogP contribution is -2.47. The molecule has 1 aliphatic heterocycles. The monoisotopic (exact) mass is 347 g/mol. The molecular formula is C14H22ClN3O3S. The molecule has 2 heterocycles. The zero-order valence-electron chi connectivity index (χ0n) is 12.5. The predicted octanol–water partition coefficient (Wildman–Crippen LogP) is 1.01. The van der Waals surface area contributed by atoms with E-state index in [-0.39, 0.29) is 23.7 Å². The molecule has 124 valence electrons. The molecule has 0 bridgehead atoms. The summed E-state index contributed by atoms with van der Waals surface area (Å²) in [6.07, 6.45) is 1.94. The minimum absolute atomic E-state index is 0. The van der Waals surface area contributed by atoms with Gasteiger partial charge in [-0.05, 0) is 32.0 Å². The van der Waals surface area contributed by atoms with Gasteiger partial charge in [-0.2, -0.15) is 0 Å². The number of halogens is 1. The molecule has 0 saturated carbocycles. The quantitative estimate of drug-likeness (QED) is 0.716. The van der Waals surface area contributed by atoms with E-state index in [1.54, 1.807) is 12.5 Å². The van der Waals surface area contributed by atoms with Gasteiger partial charge in [-0.3, -0.25) is 9.59 Å². The van der Waals surface area contributed by atoms with E-state index in [0.717, 1.165) is 25.9 Å². The number of methoxy groups -OCH3 is 1. The lowest BCUT2D eigenvalue weighted by atomic mass is 9.79. The number of hydrogen-bond acceptors (Lipinski definition) is 5. The number of ether oxygens (including phenoxy) is 1. The molecule has 0 atom stereocenters. The number of hydrogen-bond donors (Lipinski definition) is 3. The van der Waals surface area contributed by atoms with Gasteiger partial charge in [-0.1, -0.05) is 0 Å². The molecule has 0 spiro atoms. The Kier molecular flexibility index (Phi) is 7.28. The van der Waals surface area contributed by atoms with Crippen molar-refractivity contribution in [1.82, 2.24) is 10.6 Å². The fourth-order valence-corrected chi connectivity index (χ4v) is 3.39. The van der Waals surface area contributed by atoms with Gasteiger partial charge in [0.25, 0.3) is 5.91 Å². The van der Waals surface area contributed by atoms with Crippen LogP contribution < -0.4 is 16.4 Å². The number of thiophene rings is 1. The van der Waals surface area contributed by atoms with E-state index in [9.17, 15) is 9.59 Å². The Balaban J connectivity index is 0.00000242. The van der Waals surface area contributed by atoms with Crippen LogP contribution in [0.1, 0.15) is 32.9 Å². The van der Waals surface area contributed by atoms with Gasteiger partial charge in [0.15, 0.2) is 0 Å². The third-order valence-corrected chi connectivity index (χ3v) is 4.78. The standard InChI is InChI=1S/C14H21N3O3S.ClH/c1-20-9-14(2-4-16-5-3-14)8-17-13(19)11-6-10(7-21-11)12(15)18;/h6-7,16H,2-5,8-9H2,1H3,(H2,15,18)(H,17,19);1H. The minimum atomic E-state index is -0.514. The van der Waals surface area contributed by atoms with Crippen LogP contribution in [0.25, 0.3) is 0 Å². The molecule has 0 aromatic carbocycles. The van der Waals surface area contributed by atoms with Gasteiger partial charge < -0.3 is 21.1 Å². The van der Waals surface area contributed by atoms with Crippen molar-refractivity contribution in [2.75, 3.05) is 33.4 Å². The second-order valence-electron chi connectivity index (χ2n) is 5.43. The summed E-state index contributed by atoms with van der Waals surface area (Å²) in [4.78, 5) is 23.7. The summed E-state index contributed by atoms with van der Waals surface area (Å²) in [6.45, 7) is 3.07. The van der Waals surface area contributed by atoms with Crippen molar-refractivity contribution in [2.45, 2.75) is 12.8 Å². The fourth-order valence-electron chi connectivity index (χ4n) is 2.57. The van der Waals surface area contributed by atoms with Crippen LogP contribution >= 0.6 is 23.7 Å². The first-order valence-corrected chi connectivity index (χ1v) is 7.80. The van der Waals surface area contributed by atoms with Crippen molar-refractivity contribution in [3.8, 4) is 0 Å². The molecule has 0 aliphatic carbocycles. The highest BCUT2D eigenvalue weighted by molar-refractivity contribution is 7.12. The number of nitrogens with two attached hydrogens (primary N) is 1. The van der Waals surface area contributed by atoms with E-state index in [4.69, 9.17) is 10.5 Å². The minimum Gasteiger partial charge on any atom is -0.384 e. The maximum atomic E-state index is 12.2. The molecular weight excluding hydrogens is 326 g/mol. The van der Waals surface area contributed by atoms with Gasteiger partial charge in [0.05, 0.1) is 17.0 Å². The smallest absolute Gasteiger partial charge is 0.261 e. The summed E-state index contributed by atoms with van der Waals surface area (Å²) < 4.78 is 5.32. The van der Waals surface area contributed by atoms with Gasteiger partial charge in [0.1, 0.15) is 0 Å². The summed E-state index contributed by atoms with van der Waals surface area (Å²) >= 11 is 1.23. The molecule has 1 fully saturated rings. The number of amides is 2. The Bertz CT molecular complexity index is 510. The van der Waals surface area contributed by atoms with Crippen LogP contribution in [0.4, 0.5) is 0 Å². The number of carbonyl (C=O) groups is 2. The van der Waals surface area contributed by atoms with Crippen LogP contribution in [0.2, 0.25) is 0 Å². The molecule has 2 amide bonds. The first-order chi connectivity index (χ1) is 10.1. The van der Waals surface area contributed by atoms with Crippen molar-refractivity contribution < 1.29 is 14.3 Å². The highest BCUT2D eigenvalue weighted by atomic mass is 35.5. The number of primary amides is 1. The van der Waals surface area contributed by atoms with Crippen molar-refractivity contribution in [1.29, 1.82) is 0 Å². The van der Waals surface area contributed by atoms with E-state index in [2.05, 4.69) is 10.6 Å². The first kappa shape index (κ1) is 18.9. The molecule has 0 unspecified atom stereocenters. The van der Waals surface area contributed by atoms with Gasteiger partial charge in [0.2, 0.25) is 5.91 Å². The Labute approximate surface area is 140 Å². The van der Waals surface area contributed by atoms with Gasteiger partial charge in [-0.25, -0.2) is 0 Å². The van der Waals surface area contributed by atoms with Crippen LogP contribution in [0.5, 0.6) is 0 Å². The molecule has 1 saturated heterocycles. The predicted molar refractivity (Wildman–Crippen MR) is 88.8 cm³/mol. The Morgan fingerprint density at radius 1 is 1.45 bits per heavy atom. The van der Waals surface area contributed by atoms with Gasteiger partial charge in [0, 0.05) is 24.4 Å². The Hall–Kier alpha value is -1.15. The highest BCUT2D eigenvalue weighted by Gasteiger charge is 2.32. The van der Waals surface area contributed by atoms with E-state index >= 15 is 0 Å². The molecule has 1 aromatic rings. The van der Waals surface area contributed by atoms with Gasteiger partial charge >= 0.3 is 0 Å². The number of rotatable bonds is 6. The SMILES string of the molecule is COCC1(CNC(=O)c2cc(C(N)=O)cs2)CCNCC1.Cl. The number of nitrogens with one attached hydrogen (secondary N) is 2. The molecule has 1 aromatic heterocycles. The highest BCUT2D eigenvalue weighted by Crippen LogP contribution is 2.28. The molecule has 1 aliphatic rings. The Morgan fingerprint density at radius 3 is 2.68 bits per heavy atom. The van der Waals surface area contributed by atoms with Crippen LogP contribution in [0.3, 0.4) is 0 Å². The van der Waals surface area contributed by atoms with Crippen LogP contribution in [-0.2, 0) is 4.74 Å². The zero-order chi connectivity index (χ0) is 15.3. The lowest BCUT2D eigenvalue weighted by Gasteiger charge is -2.37. The fraction of sp³-hybridized carbons (Fsp3) is 0.571. The normalized spacial score (nSPS) is 16.6. The van der Waals surface area contributed by atoms with Crippen molar-refractivity contribution in [2.24, 2.45) is 11.1 Å². The second kappa shape index (κ2) is 8.47.